The summed E-state index contributed by atoms with van der Waals surface area (Å²) in [7, 11) is 0. The fraction of sp³-hybridized carbons (Fsp3) is 0.462. The van der Waals surface area contributed by atoms with Crippen molar-refractivity contribution < 1.29 is 28.8 Å². The van der Waals surface area contributed by atoms with Crippen LogP contribution < -0.4 is 0 Å². The summed E-state index contributed by atoms with van der Waals surface area (Å²) in [6.45, 7) is 3.56. The van der Waals surface area contributed by atoms with E-state index in [1.165, 1.54) is 11.3 Å². The molecule has 1 aromatic rings. The number of rotatable bonds is 5. The molecule has 1 aromatic heterocycles. The first-order valence-corrected chi connectivity index (χ1v) is 7.36. The molecule has 0 spiro atoms. The molecule has 2 unspecified atom stereocenters. The van der Waals surface area contributed by atoms with Gasteiger partial charge in [-0.15, -0.1) is 11.3 Å². The van der Waals surface area contributed by atoms with Crippen LogP contribution in [0.1, 0.15) is 24.6 Å². The molecule has 0 radical (unpaired) electrons. The van der Waals surface area contributed by atoms with Crippen LogP contribution in [0.5, 0.6) is 0 Å². The van der Waals surface area contributed by atoms with Crippen LogP contribution in [0.3, 0.4) is 0 Å². The lowest BCUT2D eigenvalue weighted by Gasteiger charge is -2.15. The molecular formula is C13H15NO6S. The molecule has 21 heavy (non-hydrogen) atoms. The van der Waals surface area contributed by atoms with Gasteiger partial charge in [-0.1, -0.05) is 6.07 Å². The Hall–Kier alpha value is -2.09. The number of hydrogen-bond acceptors (Lipinski definition) is 7. The lowest BCUT2D eigenvalue weighted by Crippen LogP contribution is -2.34. The van der Waals surface area contributed by atoms with E-state index in [0.717, 1.165) is 0 Å². The number of nitrogens with zero attached hydrogens (tertiary/aromatic N) is 1. The zero-order valence-corrected chi connectivity index (χ0v) is 12.4. The number of carbonyl (C=O) groups is 2. The highest BCUT2D eigenvalue weighted by Crippen LogP contribution is 2.33. The molecule has 8 heteroatoms. The van der Waals surface area contributed by atoms with Gasteiger partial charge in [-0.3, -0.25) is 10.0 Å². The van der Waals surface area contributed by atoms with Gasteiger partial charge in [0, 0.05) is 4.88 Å². The van der Waals surface area contributed by atoms with Gasteiger partial charge in [0.1, 0.15) is 5.92 Å². The van der Waals surface area contributed by atoms with E-state index in [4.69, 9.17) is 14.3 Å². The Bertz CT molecular complexity index is 553. The van der Waals surface area contributed by atoms with Crippen molar-refractivity contribution in [3.63, 3.8) is 0 Å². The molecule has 0 fully saturated rings. The van der Waals surface area contributed by atoms with Crippen molar-refractivity contribution in [3.8, 4) is 0 Å². The number of esters is 2. The highest BCUT2D eigenvalue weighted by molar-refractivity contribution is 7.10. The summed E-state index contributed by atoms with van der Waals surface area (Å²) >= 11 is 1.32. The Morgan fingerprint density at radius 2 is 2.10 bits per heavy atom. The predicted octanol–water partition coefficient (Wildman–Crippen LogP) is 1.22. The first kappa shape index (κ1) is 15.3. The summed E-state index contributed by atoms with van der Waals surface area (Å²) < 4.78 is 9.77. The molecule has 2 rings (SSSR count). The van der Waals surface area contributed by atoms with Crippen molar-refractivity contribution in [1.82, 2.24) is 0 Å². The third-order valence-corrected chi connectivity index (χ3v) is 3.81. The van der Waals surface area contributed by atoms with E-state index in [1.54, 1.807) is 31.4 Å². The summed E-state index contributed by atoms with van der Waals surface area (Å²) in [5.41, 5.74) is -0.239. The van der Waals surface area contributed by atoms with Crippen molar-refractivity contribution in [2.24, 2.45) is 0 Å². The molecule has 114 valence electrons. The van der Waals surface area contributed by atoms with E-state index < -0.39 is 24.0 Å². The lowest BCUT2D eigenvalue weighted by atomic mass is 9.95. The van der Waals surface area contributed by atoms with Crippen LogP contribution in [0.4, 0.5) is 0 Å². The minimum atomic E-state index is -1.18. The second-order valence-electron chi connectivity index (χ2n) is 4.13. The normalized spacial score (nSPS) is 21.0. The summed E-state index contributed by atoms with van der Waals surface area (Å²) in [5.74, 6) is -2.30. The summed E-state index contributed by atoms with van der Waals surface area (Å²) in [6.07, 6.45) is -1.18. The highest BCUT2D eigenvalue weighted by Gasteiger charge is 2.50. The molecular weight excluding hydrogens is 298 g/mol. The second-order valence-corrected chi connectivity index (χ2v) is 5.11. The van der Waals surface area contributed by atoms with Gasteiger partial charge in [0.25, 0.3) is 0 Å². The van der Waals surface area contributed by atoms with Crippen LogP contribution >= 0.6 is 11.3 Å². The van der Waals surface area contributed by atoms with Crippen LogP contribution in [0.15, 0.2) is 17.5 Å². The second kappa shape index (κ2) is 6.57. The third kappa shape index (κ3) is 2.99. The topological polar surface area (TPSA) is 87.9 Å². The fourth-order valence-electron chi connectivity index (χ4n) is 2.04. The maximum atomic E-state index is 12.0. The quantitative estimate of drug-likeness (QED) is 0.600. The maximum Gasteiger partial charge on any atom is 0.405 e. The van der Waals surface area contributed by atoms with Gasteiger partial charge in [-0.25, -0.2) is 4.79 Å². The molecule has 0 aromatic carbocycles. The summed E-state index contributed by atoms with van der Waals surface area (Å²) in [6, 6.07) is 3.49. The standard InChI is InChI=1S/C13H15NO6S/c1-3-18-12(15)10-9(8-6-5-7-21-8)11(20-14(10)17)13(16)19-4-2/h5-7,9,11H,3-4H2,1-2H3. The molecule has 7 nitrogen and oxygen atoms in total. The zero-order valence-electron chi connectivity index (χ0n) is 11.6. The predicted molar refractivity (Wildman–Crippen MR) is 73.8 cm³/mol. The summed E-state index contributed by atoms with van der Waals surface area (Å²) in [4.78, 5) is 29.6. The molecule has 0 aliphatic carbocycles. The van der Waals surface area contributed by atoms with Gasteiger partial charge in [0.05, 0.1) is 18.1 Å². The molecule has 2 heterocycles. The van der Waals surface area contributed by atoms with Gasteiger partial charge >= 0.3 is 17.7 Å². The third-order valence-electron chi connectivity index (χ3n) is 2.86. The van der Waals surface area contributed by atoms with Crippen LogP contribution in [0, 0.1) is 5.21 Å². The van der Waals surface area contributed by atoms with Crippen molar-refractivity contribution >= 4 is 29.0 Å². The fourth-order valence-corrected chi connectivity index (χ4v) is 2.89. The van der Waals surface area contributed by atoms with Crippen LogP contribution in [-0.4, -0.2) is 41.9 Å². The number of carbonyl (C=O) groups excluding carboxylic acids is 2. The Kier molecular flexibility index (Phi) is 4.79. The smallest absolute Gasteiger partial charge is 0.405 e. The largest absolute Gasteiger partial charge is 0.465 e. The molecule has 0 saturated heterocycles. The van der Waals surface area contributed by atoms with Gasteiger partial charge < -0.3 is 14.3 Å². The minimum Gasteiger partial charge on any atom is -0.465 e. The van der Waals surface area contributed by atoms with E-state index in [9.17, 15) is 14.8 Å². The lowest BCUT2D eigenvalue weighted by molar-refractivity contribution is -0.736. The number of hydrogen-bond donors (Lipinski definition) is 0. The minimum absolute atomic E-state index is 0.0595. The van der Waals surface area contributed by atoms with Crippen LogP contribution in [0.25, 0.3) is 0 Å². The number of ether oxygens (including phenoxy) is 2. The maximum absolute atomic E-state index is 12.0. The van der Waals surface area contributed by atoms with Crippen LogP contribution in [0.2, 0.25) is 0 Å². The van der Waals surface area contributed by atoms with Crippen LogP contribution in [-0.2, 0) is 23.9 Å². The van der Waals surface area contributed by atoms with E-state index in [1.807, 2.05) is 0 Å². The van der Waals surface area contributed by atoms with E-state index in [-0.39, 0.29) is 23.8 Å². The molecule has 0 amide bonds. The van der Waals surface area contributed by atoms with E-state index >= 15 is 0 Å². The Morgan fingerprint density at radius 3 is 2.67 bits per heavy atom. The average molecular weight is 313 g/mol. The van der Waals surface area contributed by atoms with Gasteiger partial charge in [-0.2, -0.15) is 0 Å². The Balaban J connectivity index is 2.36. The molecule has 0 bridgehead atoms. The van der Waals surface area contributed by atoms with Gasteiger partial charge in [0.2, 0.25) is 0 Å². The van der Waals surface area contributed by atoms with Crippen molar-refractivity contribution in [3.05, 3.63) is 27.6 Å². The SMILES string of the molecule is CCOC(=O)C1=[N+]([O-])OC(C(=O)OCC)C1c1cccs1. The number of thiophene rings is 1. The highest BCUT2D eigenvalue weighted by atomic mass is 32.1. The molecule has 0 N–H and O–H groups in total. The summed E-state index contributed by atoms with van der Waals surface area (Å²) in [5, 5.41) is 13.7. The zero-order chi connectivity index (χ0) is 15.4. The monoisotopic (exact) mass is 313 g/mol. The van der Waals surface area contributed by atoms with E-state index in [2.05, 4.69) is 0 Å². The molecule has 1 aliphatic rings. The Labute approximate surface area is 125 Å². The van der Waals surface area contributed by atoms with Gasteiger partial charge in [-0.05, 0) is 25.3 Å². The van der Waals surface area contributed by atoms with Crippen molar-refractivity contribution in [2.45, 2.75) is 25.9 Å². The van der Waals surface area contributed by atoms with Crippen molar-refractivity contribution in [2.75, 3.05) is 13.2 Å². The first-order chi connectivity index (χ1) is 10.1. The van der Waals surface area contributed by atoms with Crippen molar-refractivity contribution in [1.29, 1.82) is 0 Å². The van der Waals surface area contributed by atoms with E-state index in [0.29, 0.717) is 4.88 Å². The average Bonchev–Trinajstić information content (AvgIpc) is 3.05. The van der Waals surface area contributed by atoms with Gasteiger partial charge in [0.15, 0.2) is 6.10 Å². The first-order valence-electron chi connectivity index (χ1n) is 6.48. The molecule has 2 atom stereocenters. The Morgan fingerprint density at radius 1 is 1.38 bits per heavy atom. The molecule has 1 aliphatic heterocycles. The molecule has 0 saturated carbocycles.